The van der Waals surface area contributed by atoms with E-state index < -0.39 is 5.85 Å². The first kappa shape index (κ1) is 28.4. The Hall–Kier alpha value is -3.19. The van der Waals surface area contributed by atoms with E-state index in [1.807, 2.05) is 60.7 Å². The van der Waals surface area contributed by atoms with Crippen LogP contribution in [0.4, 0.5) is 5.69 Å². The number of ether oxygens (including phenoxy) is 1. The molecule has 4 rings (SSSR count). The first-order valence-corrected chi connectivity index (χ1v) is 12.8. The van der Waals surface area contributed by atoms with Gasteiger partial charge in [-0.25, -0.2) is 0 Å². The van der Waals surface area contributed by atoms with Crippen molar-refractivity contribution in [1.29, 1.82) is 0 Å². The molecule has 196 valence electrons. The van der Waals surface area contributed by atoms with Gasteiger partial charge in [-0.2, -0.15) is 0 Å². The Morgan fingerprint density at radius 3 is 2.14 bits per heavy atom. The van der Waals surface area contributed by atoms with Crippen LogP contribution in [0.15, 0.2) is 84.9 Å². The van der Waals surface area contributed by atoms with Gasteiger partial charge < -0.3 is 15.0 Å². The van der Waals surface area contributed by atoms with E-state index in [0.29, 0.717) is 30.7 Å². The second-order valence-corrected chi connectivity index (χ2v) is 8.97. The minimum absolute atomic E-state index is 0. The number of nitrogens with one attached hydrogen (secondary N) is 1. The van der Waals surface area contributed by atoms with Crippen LogP contribution in [0.5, 0.6) is 0 Å². The fourth-order valence-electron chi connectivity index (χ4n) is 4.76. The number of carbonyl (C=O) groups is 2. The summed E-state index contributed by atoms with van der Waals surface area (Å²) in [6, 6.07) is 26.2. The van der Waals surface area contributed by atoms with Gasteiger partial charge in [-0.15, -0.1) is 12.4 Å². The summed E-state index contributed by atoms with van der Waals surface area (Å²) in [5, 5.41) is 3.17. The van der Waals surface area contributed by atoms with E-state index >= 15 is 0 Å². The number of amides is 2. The van der Waals surface area contributed by atoms with Gasteiger partial charge in [-0.05, 0) is 61.8 Å². The summed E-state index contributed by atoms with van der Waals surface area (Å²) in [5.74, 6) is -1.82. The normalized spacial score (nSPS) is 16.9. The number of aryl methyl sites for hydroxylation is 1. The topological polar surface area (TPSA) is 61.9 Å². The fraction of sp³-hybridized carbons (Fsp3) is 0.333. The minimum Gasteiger partial charge on any atom is -0.336 e. The highest BCUT2D eigenvalue weighted by atomic mass is 35.5. The Labute approximate surface area is 226 Å². The number of hydrogen-bond donors (Lipinski definition) is 1. The van der Waals surface area contributed by atoms with Crippen LogP contribution in [-0.4, -0.2) is 48.8 Å². The van der Waals surface area contributed by atoms with E-state index in [-0.39, 0.29) is 24.2 Å². The number of likely N-dealkylation sites (N-methyl/N-ethyl adjacent to an activating group) is 1. The molecule has 1 atom stereocenters. The number of hydrogen-bond acceptors (Lipinski definition) is 4. The van der Waals surface area contributed by atoms with E-state index in [9.17, 15) is 9.59 Å². The third kappa shape index (κ3) is 6.58. The molecule has 0 bridgehead atoms. The van der Waals surface area contributed by atoms with E-state index in [1.165, 1.54) is 0 Å². The molecule has 0 saturated heterocycles. The minimum atomic E-state index is -1.33. The lowest BCUT2D eigenvalue weighted by atomic mass is 10.1. The van der Waals surface area contributed by atoms with Gasteiger partial charge in [0.05, 0.1) is 12.3 Å². The van der Waals surface area contributed by atoms with Crippen LogP contribution in [0, 0.1) is 0 Å². The van der Waals surface area contributed by atoms with Crippen molar-refractivity contribution in [3.05, 3.63) is 102 Å². The zero-order chi connectivity index (χ0) is 25.4. The summed E-state index contributed by atoms with van der Waals surface area (Å²) < 4.78 is 6.62. The smallest absolute Gasteiger partial charge is 0.262 e. The Kier molecular flexibility index (Phi) is 10.3. The van der Waals surface area contributed by atoms with Crippen LogP contribution in [0.1, 0.15) is 53.0 Å². The average molecular weight is 522 g/mol. The Morgan fingerprint density at radius 1 is 0.892 bits per heavy atom. The highest BCUT2D eigenvalue weighted by Crippen LogP contribution is 2.37. The molecule has 0 fully saturated rings. The van der Waals surface area contributed by atoms with Crippen molar-refractivity contribution in [1.82, 2.24) is 10.2 Å². The quantitative estimate of drug-likeness (QED) is 0.376. The second-order valence-electron chi connectivity index (χ2n) is 8.97. The highest BCUT2D eigenvalue weighted by Gasteiger charge is 2.45. The van der Waals surface area contributed by atoms with Crippen LogP contribution >= 0.6 is 12.4 Å². The number of carbonyl (C=O) groups excluding carboxylic acids is 2. The predicted molar refractivity (Wildman–Crippen MR) is 150 cm³/mol. The van der Waals surface area contributed by atoms with Crippen molar-refractivity contribution >= 4 is 29.9 Å². The summed E-state index contributed by atoms with van der Waals surface area (Å²) in [4.78, 5) is 31.6. The van der Waals surface area contributed by atoms with Crippen molar-refractivity contribution in [3.8, 4) is 0 Å². The number of rotatable bonds is 9. The van der Waals surface area contributed by atoms with E-state index in [1.54, 1.807) is 29.2 Å². The van der Waals surface area contributed by atoms with Gasteiger partial charge in [0, 0.05) is 24.1 Å². The van der Waals surface area contributed by atoms with Crippen molar-refractivity contribution in [2.45, 2.75) is 39.0 Å². The van der Waals surface area contributed by atoms with Crippen LogP contribution in [0.25, 0.3) is 0 Å². The molecule has 2 amide bonds. The van der Waals surface area contributed by atoms with Crippen LogP contribution in [-0.2, 0) is 11.2 Å². The molecule has 0 saturated carbocycles. The molecule has 1 aliphatic heterocycles. The molecule has 7 heteroatoms. The molecule has 0 spiro atoms. The summed E-state index contributed by atoms with van der Waals surface area (Å²) in [6.45, 7) is 7.10. The molecule has 1 unspecified atom stereocenters. The third-order valence-electron chi connectivity index (χ3n) is 6.77. The lowest BCUT2D eigenvalue weighted by Gasteiger charge is -2.43. The molecule has 6 nitrogen and oxygen atoms in total. The lowest BCUT2D eigenvalue weighted by molar-refractivity contribution is -0.0722. The van der Waals surface area contributed by atoms with Gasteiger partial charge in [-0.3, -0.25) is 14.5 Å². The van der Waals surface area contributed by atoms with Crippen molar-refractivity contribution in [2.24, 2.45) is 0 Å². The molecule has 1 aliphatic rings. The molecule has 37 heavy (non-hydrogen) atoms. The second kappa shape index (κ2) is 13.4. The predicted octanol–water partition coefficient (Wildman–Crippen LogP) is 5.53. The Balaban J connectivity index is 0.00000380. The molecule has 0 aromatic heterocycles. The summed E-state index contributed by atoms with van der Waals surface area (Å²) in [6.07, 6.45) is 2.02. The molecule has 3 aromatic carbocycles. The van der Waals surface area contributed by atoms with Gasteiger partial charge in [0.15, 0.2) is 0 Å². The van der Waals surface area contributed by atoms with Gasteiger partial charge in [0.1, 0.15) is 0 Å². The van der Waals surface area contributed by atoms with Gasteiger partial charge >= 0.3 is 0 Å². The zero-order valence-electron chi connectivity index (χ0n) is 21.6. The van der Waals surface area contributed by atoms with E-state index in [4.69, 9.17) is 4.74 Å². The number of nitrogens with zero attached hydrogens (tertiary/aromatic N) is 2. The van der Waals surface area contributed by atoms with Crippen LogP contribution < -0.4 is 10.2 Å². The summed E-state index contributed by atoms with van der Waals surface area (Å²) in [5.41, 5.74) is 2.89. The molecule has 3 aromatic rings. The first-order valence-electron chi connectivity index (χ1n) is 12.8. The fourth-order valence-corrected chi connectivity index (χ4v) is 4.76. The van der Waals surface area contributed by atoms with E-state index in [2.05, 4.69) is 24.1 Å². The summed E-state index contributed by atoms with van der Waals surface area (Å²) in [7, 11) is 0. The summed E-state index contributed by atoms with van der Waals surface area (Å²) >= 11 is 0. The molecular formula is C30H36ClN3O3. The van der Waals surface area contributed by atoms with E-state index in [0.717, 1.165) is 37.2 Å². The maximum absolute atomic E-state index is 14.1. The number of fused-ring (bicyclic) bond motifs is 1. The Morgan fingerprint density at radius 2 is 1.49 bits per heavy atom. The maximum Gasteiger partial charge on any atom is 0.262 e. The molecule has 1 N–H and O–H groups in total. The average Bonchev–Trinajstić information content (AvgIpc) is 3.08. The van der Waals surface area contributed by atoms with Gasteiger partial charge in [-0.1, -0.05) is 68.4 Å². The van der Waals surface area contributed by atoms with Gasteiger partial charge in [0.25, 0.3) is 11.8 Å². The van der Waals surface area contributed by atoms with Crippen molar-refractivity contribution in [3.63, 3.8) is 0 Å². The number of halogens is 1. The molecular weight excluding hydrogens is 486 g/mol. The lowest BCUT2D eigenvalue weighted by Crippen LogP contribution is -2.65. The third-order valence-corrected chi connectivity index (χ3v) is 6.77. The molecule has 0 aliphatic carbocycles. The molecule has 0 radical (unpaired) electrons. The standard InChI is InChI=1S/C30H35N3O3.ClH/c1-3-32(4-2)22-23-36-30(31-28(34)25-15-7-5-8-16-25)21-13-19-24-14-11-12-20-27(24)33(30)29(35)26-17-9-6-10-18-26;/h5-12,14-18,20H,3-4,13,19,21-23H2,1-2H3,(H,31,34);1H. The first-order chi connectivity index (χ1) is 17.6. The Bertz CT molecular complexity index is 1160. The monoisotopic (exact) mass is 521 g/mol. The molecule has 1 heterocycles. The number of para-hydroxylation sites is 1. The number of benzene rings is 3. The van der Waals surface area contributed by atoms with Gasteiger partial charge in [0.2, 0.25) is 5.85 Å². The van der Waals surface area contributed by atoms with Crippen molar-refractivity contribution in [2.75, 3.05) is 31.1 Å². The van der Waals surface area contributed by atoms with Crippen LogP contribution in [0.2, 0.25) is 0 Å². The van der Waals surface area contributed by atoms with Crippen LogP contribution in [0.3, 0.4) is 0 Å². The van der Waals surface area contributed by atoms with Crippen molar-refractivity contribution < 1.29 is 14.3 Å². The maximum atomic E-state index is 14.1. The zero-order valence-corrected chi connectivity index (χ0v) is 22.4. The SMILES string of the molecule is CCN(CC)CCOC1(NC(=O)c2ccccc2)CCCc2ccccc2N1C(=O)c1ccccc1.Cl. The highest BCUT2D eigenvalue weighted by molar-refractivity contribution is 6.08. The number of anilines is 1. The largest absolute Gasteiger partial charge is 0.336 e.